The number of rotatable bonds is 3. The monoisotopic (exact) mass is 318 g/mol. The third kappa shape index (κ3) is 2.56. The van der Waals surface area contributed by atoms with Crippen LogP contribution in [-0.2, 0) is 17.6 Å². The molecule has 0 spiro atoms. The van der Waals surface area contributed by atoms with Crippen LogP contribution in [0.3, 0.4) is 0 Å². The Morgan fingerprint density at radius 3 is 2.50 bits per heavy atom. The molecule has 1 saturated heterocycles. The zero-order chi connectivity index (χ0) is 15.1. The van der Waals surface area contributed by atoms with Gasteiger partial charge >= 0.3 is 0 Å². The predicted octanol–water partition coefficient (Wildman–Crippen LogP) is 3.21. The van der Waals surface area contributed by atoms with Crippen LogP contribution >= 0.6 is 11.3 Å². The maximum Gasteiger partial charge on any atom is 0.257 e. The van der Waals surface area contributed by atoms with E-state index in [4.69, 9.17) is 0 Å². The highest BCUT2D eigenvalue weighted by Gasteiger charge is 2.34. The molecule has 2 heterocycles. The van der Waals surface area contributed by atoms with Crippen molar-refractivity contribution in [2.75, 3.05) is 18.4 Å². The van der Waals surface area contributed by atoms with Gasteiger partial charge in [0.1, 0.15) is 5.00 Å². The molecule has 5 heteroatoms. The summed E-state index contributed by atoms with van der Waals surface area (Å²) >= 11 is 1.64. The number of nitrogens with zero attached hydrogens (tertiary/aromatic N) is 1. The molecule has 2 fully saturated rings. The minimum Gasteiger partial charge on any atom is -0.339 e. The van der Waals surface area contributed by atoms with E-state index in [0.29, 0.717) is 0 Å². The second kappa shape index (κ2) is 5.69. The van der Waals surface area contributed by atoms with Crippen LogP contribution in [0.2, 0.25) is 0 Å². The largest absolute Gasteiger partial charge is 0.339 e. The third-order valence-corrected chi connectivity index (χ3v) is 6.17. The van der Waals surface area contributed by atoms with Crippen LogP contribution in [-0.4, -0.2) is 29.8 Å². The van der Waals surface area contributed by atoms with Gasteiger partial charge in [-0.05, 0) is 56.9 Å². The number of likely N-dealkylation sites (tertiary alicyclic amines) is 1. The van der Waals surface area contributed by atoms with Crippen LogP contribution in [0.5, 0.6) is 0 Å². The summed E-state index contributed by atoms with van der Waals surface area (Å²) in [6.45, 7) is 1.72. The number of fused-ring (bicyclic) bond motifs is 1. The number of thiophene rings is 1. The van der Waals surface area contributed by atoms with Crippen molar-refractivity contribution >= 4 is 28.2 Å². The Morgan fingerprint density at radius 2 is 1.77 bits per heavy atom. The topological polar surface area (TPSA) is 49.4 Å². The number of aryl methyl sites for hydroxylation is 1. The van der Waals surface area contributed by atoms with Gasteiger partial charge in [0.2, 0.25) is 5.91 Å². The van der Waals surface area contributed by atoms with Crippen molar-refractivity contribution in [3.63, 3.8) is 0 Å². The first-order chi connectivity index (χ1) is 10.7. The first kappa shape index (κ1) is 14.2. The summed E-state index contributed by atoms with van der Waals surface area (Å²) in [4.78, 5) is 28.4. The SMILES string of the molecule is O=C(Nc1sc2c(c1C(=O)N1CCCC1)CCCC2)C1CC1. The molecule has 0 atom stereocenters. The fourth-order valence-corrected chi connectivity index (χ4v) is 4.80. The van der Waals surface area contributed by atoms with Gasteiger partial charge in [0.25, 0.3) is 5.91 Å². The van der Waals surface area contributed by atoms with E-state index in [1.807, 2.05) is 4.90 Å². The molecule has 0 aromatic carbocycles. The summed E-state index contributed by atoms with van der Waals surface area (Å²) in [6.07, 6.45) is 8.57. The average molecular weight is 318 g/mol. The summed E-state index contributed by atoms with van der Waals surface area (Å²) in [5.41, 5.74) is 2.04. The van der Waals surface area contributed by atoms with Gasteiger partial charge in [-0.1, -0.05) is 0 Å². The highest BCUT2D eigenvalue weighted by atomic mass is 32.1. The molecule has 1 aromatic heterocycles. The number of hydrogen-bond donors (Lipinski definition) is 1. The Kier molecular flexibility index (Phi) is 3.68. The molecule has 1 saturated carbocycles. The second-order valence-corrected chi connectivity index (χ2v) is 7.78. The summed E-state index contributed by atoms with van der Waals surface area (Å²) < 4.78 is 0. The normalized spacial score (nSPS) is 20.8. The number of hydrogen-bond acceptors (Lipinski definition) is 3. The first-order valence-electron chi connectivity index (χ1n) is 8.48. The van der Waals surface area contributed by atoms with Gasteiger partial charge in [-0.15, -0.1) is 11.3 Å². The Morgan fingerprint density at radius 1 is 1.05 bits per heavy atom. The number of carbonyl (C=O) groups is 2. The van der Waals surface area contributed by atoms with Crippen molar-refractivity contribution in [3.8, 4) is 0 Å². The summed E-state index contributed by atoms with van der Waals surface area (Å²) in [6, 6.07) is 0. The van der Waals surface area contributed by atoms with E-state index in [1.165, 1.54) is 16.9 Å². The van der Waals surface area contributed by atoms with Crippen molar-refractivity contribution in [2.45, 2.75) is 51.4 Å². The van der Waals surface area contributed by atoms with Crippen molar-refractivity contribution in [1.82, 2.24) is 4.90 Å². The van der Waals surface area contributed by atoms with E-state index >= 15 is 0 Å². The van der Waals surface area contributed by atoms with Gasteiger partial charge in [-0.2, -0.15) is 0 Å². The first-order valence-corrected chi connectivity index (χ1v) is 9.30. The van der Waals surface area contributed by atoms with Crippen LogP contribution < -0.4 is 5.32 Å². The molecule has 2 aliphatic carbocycles. The second-order valence-electron chi connectivity index (χ2n) is 6.68. The minimum atomic E-state index is 0.106. The quantitative estimate of drug-likeness (QED) is 0.930. The van der Waals surface area contributed by atoms with Crippen LogP contribution in [0.1, 0.15) is 59.3 Å². The minimum absolute atomic E-state index is 0.106. The summed E-state index contributed by atoms with van der Waals surface area (Å²) in [7, 11) is 0. The van der Waals surface area contributed by atoms with E-state index in [9.17, 15) is 9.59 Å². The molecule has 4 rings (SSSR count). The lowest BCUT2D eigenvalue weighted by Crippen LogP contribution is -2.29. The van der Waals surface area contributed by atoms with Gasteiger partial charge in [-0.25, -0.2) is 0 Å². The van der Waals surface area contributed by atoms with Crippen molar-refractivity contribution < 1.29 is 9.59 Å². The molecule has 22 heavy (non-hydrogen) atoms. The van der Waals surface area contributed by atoms with E-state index in [1.54, 1.807) is 11.3 Å². The standard InChI is InChI=1S/C17H22N2O2S/c20-15(11-7-8-11)18-16-14(17(21)19-9-3-4-10-19)12-5-1-2-6-13(12)22-16/h11H,1-10H2,(H,18,20). The highest BCUT2D eigenvalue weighted by molar-refractivity contribution is 7.17. The molecular weight excluding hydrogens is 296 g/mol. The molecule has 1 aliphatic heterocycles. The number of carbonyl (C=O) groups excluding carboxylic acids is 2. The zero-order valence-electron chi connectivity index (χ0n) is 12.8. The maximum absolute atomic E-state index is 12.9. The average Bonchev–Trinajstić information content (AvgIpc) is 3.11. The summed E-state index contributed by atoms with van der Waals surface area (Å²) in [5, 5.41) is 3.89. The predicted molar refractivity (Wildman–Crippen MR) is 87.5 cm³/mol. The Hall–Kier alpha value is -1.36. The Bertz CT molecular complexity index is 612. The molecule has 3 aliphatic rings. The smallest absolute Gasteiger partial charge is 0.257 e. The van der Waals surface area contributed by atoms with Gasteiger partial charge in [0, 0.05) is 23.9 Å². The third-order valence-electron chi connectivity index (χ3n) is 4.96. The molecule has 2 amide bonds. The van der Waals surface area contributed by atoms with Crippen molar-refractivity contribution in [3.05, 3.63) is 16.0 Å². The van der Waals surface area contributed by atoms with E-state index in [-0.39, 0.29) is 17.7 Å². The Labute approximate surface area is 134 Å². The number of anilines is 1. The highest BCUT2D eigenvalue weighted by Crippen LogP contribution is 2.40. The fraction of sp³-hybridized carbons (Fsp3) is 0.647. The molecule has 1 aromatic rings. The molecule has 4 nitrogen and oxygen atoms in total. The van der Waals surface area contributed by atoms with E-state index in [2.05, 4.69) is 5.32 Å². The van der Waals surface area contributed by atoms with Gasteiger partial charge in [-0.3, -0.25) is 9.59 Å². The number of nitrogens with one attached hydrogen (secondary N) is 1. The fourth-order valence-electron chi connectivity index (χ4n) is 3.52. The van der Waals surface area contributed by atoms with Gasteiger partial charge in [0.05, 0.1) is 5.56 Å². The molecule has 118 valence electrons. The number of amides is 2. The Balaban J connectivity index is 1.67. The van der Waals surface area contributed by atoms with Crippen molar-refractivity contribution in [2.24, 2.45) is 5.92 Å². The van der Waals surface area contributed by atoms with Crippen LogP contribution in [0, 0.1) is 5.92 Å². The molecule has 0 unspecified atom stereocenters. The molecule has 0 radical (unpaired) electrons. The van der Waals surface area contributed by atoms with Crippen LogP contribution in [0.25, 0.3) is 0 Å². The van der Waals surface area contributed by atoms with Crippen molar-refractivity contribution in [1.29, 1.82) is 0 Å². The summed E-state index contributed by atoms with van der Waals surface area (Å²) in [5.74, 6) is 0.422. The lowest BCUT2D eigenvalue weighted by molar-refractivity contribution is -0.117. The van der Waals surface area contributed by atoms with E-state index in [0.717, 1.165) is 68.6 Å². The van der Waals surface area contributed by atoms with Crippen LogP contribution in [0.4, 0.5) is 5.00 Å². The maximum atomic E-state index is 12.9. The van der Waals surface area contributed by atoms with E-state index < -0.39 is 0 Å². The molecular formula is C17H22N2O2S. The van der Waals surface area contributed by atoms with Crippen LogP contribution in [0.15, 0.2) is 0 Å². The van der Waals surface area contributed by atoms with Gasteiger partial charge < -0.3 is 10.2 Å². The lowest BCUT2D eigenvalue weighted by atomic mass is 9.95. The lowest BCUT2D eigenvalue weighted by Gasteiger charge is -2.18. The zero-order valence-corrected chi connectivity index (χ0v) is 13.6. The molecule has 0 bridgehead atoms. The van der Waals surface area contributed by atoms with Gasteiger partial charge in [0.15, 0.2) is 0 Å². The molecule has 1 N–H and O–H groups in total.